The quantitative estimate of drug-likeness (QED) is 0.726. The van der Waals surface area contributed by atoms with E-state index >= 15 is 0 Å². The Bertz CT molecular complexity index is 831. The fourth-order valence-corrected chi connectivity index (χ4v) is 2.61. The number of hydrogen-bond donors (Lipinski definition) is 1. The largest absolute Gasteiger partial charge is 0.373 e. The Kier molecular flexibility index (Phi) is 3.70. The molecular formula is C16H13Cl2N3. The van der Waals surface area contributed by atoms with Gasteiger partial charge in [-0.1, -0.05) is 35.3 Å². The molecule has 1 aromatic heterocycles. The highest BCUT2D eigenvalue weighted by atomic mass is 35.5. The average molecular weight is 318 g/mol. The van der Waals surface area contributed by atoms with Gasteiger partial charge in [0.25, 0.3) is 0 Å². The highest BCUT2D eigenvalue weighted by Gasteiger charge is 2.12. The first kappa shape index (κ1) is 14.1. The van der Waals surface area contributed by atoms with E-state index in [4.69, 9.17) is 23.2 Å². The summed E-state index contributed by atoms with van der Waals surface area (Å²) in [6, 6.07) is 11.3. The van der Waals surface area contributed by atoms with Crippen LogP contribution in [0, 0.1) is 6.92 Å². The lowest BCUT2D eigenvalue weighted by Crippen LogP contribution is -1.99. The molecule has 21 heavy (non-hydrogen) atoms. The standard InChI is InChI=1S/C16H13Cl2N3/c1-9-11(4-3-5-13(9)18)16-20-14-7-6-10(17)8-12(14)15(19-2)21-16/h3-8H,1-2H3,(H,19,20,21). The molecule has 1 N–H and O–H groups in total. The Morgan fingerprint density at radius 3 is 2.62 bits per heavy atom. The molecular weight excluding hydrogens is 305 g/mol. The molecule has 1 heterocycles. The van der Waals surface area contributed by atoms with Crippen molar-refractivity contribution in [1.82, 2.24) is 9.97 Å². The van der Waals surface area contributed by atoms with Gasteiger partial charge in [0, 0.05) is 28.0 Å². The Labute approximate surface area is 132 Å². The fourth-order valence-electron chi connectivity index (χ4n) is 2.26. The number of aromatic nitrogens is 2. The monoisotopic (exact) mass is 317 g/mol. The van der Waals surface area contributed by atoms with Crippen LogP contribution in [0.3, 0.4) is 0 Å². The minimum Gasteiger partial charge on any atom is -0.373 e. The average Bonchev–Trinajstić information content (AvgIpc) is 2.49. The summed E-state index contributed by atoms with van der Waals surface area (Å²) in [6.45, 7) is 1.96. The van der Waals surface area contributed by atoms with Gasteiger partial charge in [0.05, 0.1) is 5.52 Å². The van der Waals surface area contributed by atoms with Crippen molar-refractivity contribution in [3.63, 3.8) is 0 Å². The molecule has 0 radical (unpaired) electrons. The highest BCUT2D eigenvalue weighted by molar-refractivity contribution is 6.32. The van der Waals surface area contributed by atoms with E-state index in [0.717, 1.165) is 27.8 Å². The maximum Gasteiger partial charge on any atom is 0.162 e. The van der Waals surface area contributed by atoms with Gasteiger partial charge in [-0.2, -0.15) is 0 Å². The third kappa shape index (κ3) is 2.55. The van der Waals surface area contributed by atoms with Crippen LogP contribution in [0.2, 0.25) is 10.0 Å². The molecule has 0 bridgehead atoms. The summed E-state index contributed by atoms with van der Waals surface area (Å²) in [6.07, 6.45) is 0. The second kappa shape index (κ2) is 5.51. The first-order valence-electron chi connectivity index (χ1n) is 6.50. The van der Waals surface area contributed by atoms with Crippen molar-refractivity contribution < 1.29 is 0 Å². The van der Waals surface area contributed by atoms with Crippen LogP contribution in [-0.4, -0.2) is 17.0 Å². The lowest BCUT2D eigenvalue weighted by molar-refractivity contribution is 1.20. The second-order valence-electron chi connectivity index (χ2n) is 4.72. The van der Waals surface area contributed by atoms with E-state index < -0.39 is 0 Å². The summed E-state index contributed by atoms with van der Waals surface area (Å²) in [5, 5.41) is 5.36. The molecule has 0 spiro atoms. The summed E-state index contributed by atoms with van der Waals surface area (Å²) in [5.41, 5.74) is 2.73. The van der Waals surface area contributed by atoms with Crippen LogP contribution in [-0.2, 0) is 0 Å². The molecule has 0 saturated carbocycles. The first-order chi connectivity index (χ1) is 10.1. The molecule has 0 aliphatic heterocycles. The van der Waals surface area contributed by atoms with Crippen LogP contribution in [0.25, 0.3) is 22.3 Å². The molecule has 5 heteroatoms. The lowest BCUT2D eigenvalue weighted by Gasteiger charge is -2.11. The number of hydrogen-bond acceptors (Lipinski definition) is 3. The van der Waals surface area contributed by atoms with E-state index in [0.29, 0.717) is 15.9 Å². The van der Waals surface area contributed by atoms with Crippen LogP contribution in [0.1, 0.15) is 5.56 Å². The van der Waals surface area contributed by atoms with E-state index in [-0.39, 0.29) is 0 Å². The molecule has 0 amide bonds. The van der Waals surface area contributed by atoms with Crippen LogP contribution in [0.5, 0.6) is 0 Å². The van der Waals surface area contributed by atoms with Crippen molar-refractivity contribution in [3.05, 3.63) is 52.0 Å². The van der Waals surface area contributed by atoms with Crippen LogP contribution < -0.4 is 5.32 Å². The maximum absolute atomic E-state index is 6.19. The predicted molar refractivity (Wildman–Crippen MR) is 89.3 cm³/mol. The van der Waals surface area contributed by atoms with Gasteiger partial charge in [-0.05, 0) is 36.8 Å². The predicted octanol–water partition coefficient (Wildman–Crippen LogP) is 4.95. The number of rotatable bonds is 2. The van der Waals surface area contributed by atoms with Gasteiger partial charge in [-0.25, -0.2) is 9.97 Å². The molecule has 2 aromatic carbocycles. The Morgan fingerprint density at radius 2 is 1.86 bits per heavy atom. The zero-order valence-corrected chi connectivity index (χ0v) is 13.1. The SMILES string of the molecule is CNc1nc(-c2cccc(Cl)c2C)nc2ccc(Cl)cc12. The minimum absolute atomic E-state index is 0.647. The summed E-state index contributed by atoms with van der Waals surface area (Å²) in [4.78, 5) is 9.22. The van der Waals surface area contributed by atoms with Gasteiger partial charge in [0.15, 0.2) is 5.82 Å². The highest BCUT2D eigenvalue weighted by Crippen LogP contribution is 2.30. The van der Waals surface area contributed by atoms with Crippen molar-refractivity contribution in [1.29, 1.82) is 0 Å². The molecule has 0 saturated heterocycles. The Morgan fingerprint density at radius 1 is 1.05 bits per heavy atom. The normalized spacial score (nSPS) is 10.9. The van der Waals surface area contributed by atoms with Gasteiger partial charge in [-0.3, -0.25) is 0 Å². The second-order valence-corrected chi connectivity index (χ2v) is 5.56. The van der Waals surface area contributed by atoms with Gasteiger partial charge in [0.1, 0.15) is 5.82 Å². The molecule has 0 fully saturated rings. The molecule has 0 unspecified atom stereocenters. The number of halogens is 2. The number of fused-ring (bicyclic) bond motifs is 1. The zero-order valence-electron chi connectivity index (χ0n) is 11.6. The summed E-state index contributed by atoms with van der Waals surface area (Å²) in [5.74, 6) is 1.39. The van der Waals surface area contributed by atoms with E-state index in [1.165, 1.54) is 0 Å². The van der Waals surface area contributed by atoms with E-state index in [1.54, 1.807) is 0 Å². The zero-order chi connectivity index (χ0) is 15.0. The molecule has 106 valence electrons. The van der Waals surface area contributed by atoms with Crippen molar-refractivity contribution in [3.8, 4) is 11.4 Å². The number of nitrogens with one attached hydrogen (secondary N) is 1. The van der Waals surface area contributed by atoms with Gasteiger partial charge < -0.3 is 5.32 Å². The molecule has 3 aromatic rings. The fraction of sp³-hybridized carbons (Fsp3) is 0.125. The van der Waals surface area contributed by atoms with Crippen molar-refractivity contribution >= 4 is 39.9 Å². The summed E-state index contributed by atoms with van der Waals surface area (Å²) < 4.78 is 0. The van der Waals surface area contributed by atoms with Gasteiger partial charge >= 0.3 is 0 Å². The number of benzene rings is 2. The molecule has 0 aliphatic rings. The lowest BCUT2D eigenvalue weighted by atomic mass is 10.1. The Balaban J connectivity index is 2.29. The summed E-state index contributed by atoms with van der Waals surface area (Å²) in [7, 11) is 1.83. The van der Waals surface area contributed by atoms with Gasteiger partial charge in [-0.15, -0.1) is 0 Å². The van der Waals surface area contributed by atoms with Crippen LogP contribution in [0.4, 0.5) is 5.82 Å². The van der Waals surface area contributed by atoms with E-state index in [2.05, 4.69) is 15.3 Å². The topological polar surface area (TPSA) is 37.8 Å². The molecule has 3 rings (SSSR count). The molecule has 0 atom stereocenters. The third-order valence-electron chi connectivity index (χ3n) is 3.40. The maximum atomic E-state index is 6.19. The third-order valence-corrected chi connectivity index (χ3v) is 4.05. The van der Waals surface area contributed by atoms with Gasteiger partial charge in [0.2, 0.25) is 0 Å². The van der Waals surface area contributed by atoms with E-state index in [1.807, 2.05) is 50.4 Å². The van der Waals surface area contributed by atoms with Crippen LogP contribution in [0.15, 0.2) is 36.4 Å². The number of anilines is 1. The first-order valence-corrected chi connectivity index (χ1v) is 7.26. The smallest absolute Gasteiger partial charge is 0.162 e. The van der Waals surface area contributed by atoms with E-state index in [9.17, 15) is 0 Å². The Hall–Kier alpha value is -1.84. The van der Waals surface area contributed by atoms with Crippen molar-refractivity contribution in [2.24, 2.45) is 0 Å². The molecule has 3 nitrogen and oxygen atoms in total. The molecule has 0 aliphatic carbocycles. The van der Waals surface area contributed by atoms with Crippen LogP contribution >= 0.6 is 23.2 Å². The summed E-state index contributed by atoms with van der Waals surface area (Å²) >= 11 is 12.2. The van der Waals surface area contributed by atoms with Crippen molar-refractivity contribution in [2.75, 3.05) is 12.4 Å². The minimum atomic E-state index is 0.647. The number of nitrogens with zero attached hydrogens (tertiary/aromatic N) is 2. The van der Waals surface area contributed by atoms with Crippen molar-refractivity contribution in [2.45, 2.75) is 6.92 Å².